The Morgan fingerprint density at radius 3 is 2.45 bits per heavy atom. The minimum Gasteiger partial charge on any atom is -0.496 e. The van der Waals surface area contributed by atoms with Gasteiger partial charge >= 0.3 is 0 Å². The van der Waals surface area contributed by atoms with Crippen LogP contribution in [0.25, 0.3) is 0 Å². The van der Waals surface area contributed by atoms with Crippen LogP contribution in [0.1, 0.15) is 28.4 Å². The van der Waals surface area contributed by atoms with Gasteiger partial charge in [-0.3, -0.25) is 0 Å². The second kappa shape index (κ2) is 5.94. The molecule has 2 rings (SSSR count). The van der Waals surface area contributed by atoms with Crippen LogP contribution in [0, 0.1) is 19.7 Å². The Bertz CT molecular complexity index is 620. The van der Waals surface area contributed by atoms with E-state index in [9.17, 15) is 9.50 Å². The van der Waals surface area contributed by atoms with Gasteiger partial charge < -0.3 is 9.84 Å². The van der Waals surface area contributed by atoms with Gasteiger partial charge in [-0.25, -0.2) is 4.39 Å². The molecule has 0 saturated carbocycles. The van der Waals surface area contributed by atoms with E-state index in [1.54, 1.807) is 13.2 Å². The molecule has 20 heavy (non-hydrogen) atoms. The molecule has 2 nitrogen and oxygen atoms in total. The van der Waals surface area contributed by atoms with Crippen LogP contribution in [0.2, 0.25) is 0 Å². The molecule has 106 valence electrons. The van der Waals surface area contributed by atoms with Crippen LogP contribution in [0.3, 0.4) is 0 Å². The molecule has 4 heteroatoms. The van der Waals surface area contributed by atoms with Crippen molar-refractivity contribution in [2.24, 2.45) is 0 Å². The third kappa shape index (κ3) is 3.02. The first-order chi connectivity index (χ1) is 9.42. The molecule has 2 aromatic carbocycles. The Morgan fingerprint density at radius 2 is 1.85 bits per heavy atom. The topological polar surface area (TPSA) is 29.5 Å². The molecule has 0 aliphatic carbocycles. The van der Waals surface area contributed by atoms with E-state index < -0.39 is 11.9 Å². The number of ether oxygens (including phenoxy) is 1. The summed E-state index contributed by atoms with van der Waals surface area (Å²) in [6.07, 6.45) is -0.933. The molecule has 0 spiro atoms. The fraction of sp³-hybridized carbons (Fsp3) is 0.250. The highest BCUT2D eigenvalue weighted by atomic mass is 79.9. The Balaban J connectivity index is 2.55. The number of aliphatic hydroxyl groups excluding tert-OH is 1. The Hall–Kier alpha value is -1.39. The van der Waals surface area contributed by atoms with Gasteiger partial charge in [0, 0.05) is 10.0 Å². The summed E-state index contributed by atoms with van der Waals surface area (Å²) in [7, 11) is 1.56. The molecule has 0 radical (unpaired) electrons. The van der Waals surface area contributed by atoms with Crippen molar-refractivity contribution in [3.8, 4) is 5.75 Å². The molecule has 0 saturated heterocycles. The molecule has 0 aliphatic heterocycles. The lowest BCUT2D eigenvalue weighted by Gasteiger charge is -2.19. The maximum Gasteiger partial charge on any atom is 0.125 e. The van der Waals surface area contributed by atoms with Gasteiger partial charge in [0.25, 0.3) is 0 Å². The van der Waals surface area contributed by atoms with Crippen LogP contribution in [-0.2, 0) is 0 Å². The second-order valence-corrected chi connectivity index (χ2v) is 5.72. The predicted octanol–water partition coefficient (Wildman–Crippen LogP) is 4.30. The van der Waals surface area contributed by atoms with Crippen LogP contribution in [0.4, 0.5) is 4.39 Å². The first kappa shape index (κ1) is 15.0. The maximum atomic E-state index is 13.5. The SMILES string of the molecule is COc1cc(C)cc(C)c1C(O)c1cc(F)cc(Br)c1. The van der Waals surface area contributed by atoms with Crippen LogP contribution in [-0.4, -0.2) is 12.2 Å². The average molecular weight is 339 g/mol. The molecule has 0 fully saturated rings. The molecule has 1 N–H and O–H groups in total. The van der Waals surface area contributed by atoms with Crippen molar-refractivity contribution < 1.29 is 14.2 Å². The third-order valence-electron chi connectivity index (χ3n) is 3.19. The van der Waals surface area contributed by atoms with Gasteiger partial charge in [-0.1, -0.05) is 22.0 Å². The molecule has 0 amide bonds. The van der Waals surface area contributed by atoms with E-state index in [4.69, 9.17) is 4.74 Å². The monoisotopic (exact) mass is 338 g/mol. The Morgan fingerprint density at radius 1 is 1.15 bits per heavy atom. The minimum absolute atomic E-state index is 0.392. The summed E-state index contributed by atoms with van der Waals surface area (Å²) in [6.45, 7) is 3.87. The van der Waals surface area contributed by atoms with Gasteiger partial charge in [0.15, 0.2) is 0 Å². The zero-order valence-electron chi connectivity index (χ0n) is 11.6. The van der Waals surface area contributed by atoms with Crippen LogP contribution >= 0.6 is 15.9 Å². The van der Waals surface area contributed by atoms with Gasteiger partial charge in [-0.2, -0.15) is 0 Å². The van der Waals surface area contributed by atoms with Crippen molar-refractivity contribution >= 4 is 15.9 Å². The highest BCUT2D eigenvalue weighted by Gasteiger charge is 2.19. The zero-order chi connectivity index (χ0) is 14.9. The number of hydrogen-bond donors (Lipinski definition) is 1. The van der Waals surface area contributed by atoms with Crippen molar-refractivity contribution in [2.45, 2.75) is 20.0 Å². The largest absolute Gasteiger partial charge is 0.496 e. The van der Waals surface area contributed by atoms with Crippen molar-refractivity contribution in [2.75, 3.05) is 7.11 Å². The van der Waals surface area contributed by atoms with Crippen LogP contribution < -0.4 is 4.74 Å². The molecule has 1 unspecified atom stereocenters. The highest BCUT2D eigenvalue weighted by Crippen LogP contribution is 2.34. The fourth-order valence-corrected chi connectivity index (χ4v) is 2.84. The molecule has 0 aromatic heterocycles. The van der Waals surface area contributed by atoms with E-state index in [2.05, 4.69) is 15.9 Å². The van der Waals surface area contributed by atoms with Crippen molar-refractivity contribution in [3.05, 3.63) is 62.9 Å². The fourth-order valence-electron chi connectivity index (χ4n) is 2.36. The van der Waals surface area contributed by atoms with Crippen molar-refractivity contribution in [1.29, 1.82) is 0 Å². The van der Waals surface area contributed by atoms with E-state index >= 15 is 0 Å². The Kier molecular flexibility index (Phi) is 4.45. The van der Waals surface area contributed by atoms with Crippen molar-refractivity contribution in [3.63, 3.8) is 0 Å². The Labute approximate surface area is 126 Å². The summed E-state index contributed by atoms with van der Waals surface area (Å²) in [5, 5.41) is 10.6. The lowest BCUT2D eigenvalue weighted by Crippen LogP contribution is -2.06. The minimum atomic E-state index is -0.933. The summed E-state index contributed by atoms with van der Waals surface area (Å²) in [5.41, 5.74) is 3.11. The number of aryl methyl sites for hydroxylation is 2. The van der Waals surface area contributed by atoms with E-state index in [1.165, 1.54) is 12.1 Å². The van der Waals surface area contributed by atoms with Gasteiger partial charge in [0.2, 0.25) is 0 Å². The summed E-state index contributed by atoms with van der Waals surface area (Å²) in [4.78, 5) is 0. The van der Waals surface area contributed by atoms with Crippen LogP contribution in [0.15, 0.2) is 34.8 Å². The predicted molar refractivity (Wildman–Crippen MR) is 80.6 cm³/mol. The lowest BCUT2D eigenvalue weighted by atomic mass is 9.95. The maximum absolute atomic E-state index is 13.5. The molecular formula is C16H16BrFO2. The average Bonchev–Trinajstić information content (AvgIpc) is 2.35. The summed E-state index contributed by atoms with van der Waals surface area (Å²) in [5.74, 6) is 0.215. The number of methoxy groups -OCH3 is 1. The molecule has 1 atom stereocenters. The van der Waals surface area contributed by atoms with Gasteiger partial charge in [0.1, 0.15) is 17.7 Å². The van der Waals surface area contributed by atoms with Gasteiger partial charge in [-0.05, 0) is 54.8 Å². The van der Waals surface area contributed by atoms with Crippen LogP contribution in [0.5, 0.6) is 5.75 Å². The van der Waals surface area contributed by atoms with Gasteiger partial charge in [0.05, 0.1) is 7.11 Å². The molecule has 0 heterocycles. The highest BCUT2D eigenvalue weighted by molar-refractivity contribution is 9.10. The molecule has 0 aliphatic rings. The smallest absolute Gasteiger partial charge is 0.125 e. The standard InChI is InChI=1S/C16H16BrFO2/c1-9-4-10(2)15(14(5-9)20-3)16(19)11-6-12(17)8-13(18)7-11/h4-8,16,19H,1-3H3. The normalized spacial score (nSPS) is 12.3. The first-order valence-electron chi connectivity index (χ1n) is 6.21. The quantitative estimate of drug-likeness (QED) is 0.904. The summed E-state index contributed by atoms with van der Waals surface area (Å²) < 4.78 is 19.4. The first-order valence-corrected chi connectivity index (χ1v) is 7.01. The number of aliphatic hydroxyl groups is 1. The number of halogens is 2. The third-order valence-corrected chi connectivity index (χ3v) is 3.65. The van der Waals surface area contributed by atoms with E-state index in [-0.39, 0.29) is 0 Å². The molecule has 0 bridgehead atoms. The second-order valence-electron chi connectivity index (χ2n) is 4.80. The summed E-state index contributed by atoms with van der Waals surface area (Å²) in [6, 6.07) is 8.21. The number of benzene rings is 2. The zero-order valence-corrected chi connectivity index (χ0v) is 13.2. The van der Waals surface area contributed by atoms with Gasteiger partial charge in [-0.15, -0.1) is 0 Å². The lowest BCUT2D eigenvalue weighted by molar-refractivity contribution is 0.213. The molecular weight excluding hydrogens is 323 g/mol. The number of hydrogen-bond acceptors (Lipinski definition) is 2. The summed E-state index contributed by atoms with van der Waals surface area (Å²) >= 11 is 3.24. The molecule has 2 aromatic rings. The van der Waals surface area contributed by atoms with E-state index in [1.807, 2.05) is 26.0 Å². The number of rotatable bonds is 3. The van der Waals surface area contributed by atoms with E-state index in [0.717, 1.165) is 11.1 Å². The van der Waals surface area contributed by atoms with E-state index in [0.29, 0.717) is 21.3 Å². The van der Waals surface area contributed by atoms with Crippen molar-refractivity contribution in [1.82, 2.24) is 0 Å².